The van der Waals surface area contributed by atoms with Gasteiger partial charge in [0, 0.05) is 12.8 Å². The lowest BCUT2D eigenvalue weighted by Gasteiger charge is -2.16. The van der Waals surface area contributed by atoms with Crippen molar-refractivity contribution in [3.8, 4) is 0 Å². The second-order valence-corrected chi connectivity index (χ2v) is 3.94. The van der Waals surface area contributed by atoms with E-state index >= 15 is 0 Å². The number of rotatable bonds is 8. The minimum Gasteiger partial charge on any atom is -0.463 e. The number of ether oxygens (including phenoxy) is 1. The molecule has 0 N–H and O–H groups in total. The molecule has 0 amide bonds. The first-order valence-corrected chi connectivity index (χ1v) is 5.97. The van der Waals surface area contributed by atoms with Crippen LogP contribution in [0.25, 0.3) is 0 Å². The van der Waals surface area contributed by atoms with Crippen LogP contribution in [0.4, 0.5) is 0 Å². The number of alkyl halides is 1. The van der Waals surface area contributed by atoms with Gasteiger partial charge in [0.15, 0.2) is 0 Å². The molecule has 0 rings (SSSR count). The van der Waals surface area contributed by atoms with Crippen molar-refractivity contribution >= 4 is 17.6 Å². The van der Waals surface area contributed by atoms with Crippen LogP contribution in [0, 0.1) is 0 Å². The predicted octanol–water partition coefficient (Wildman–Crippen LogP) is 3.52. The summed E-state index contributed by atoms with van der Waals surface area (Å²) in [5, 5.41) is 0. The van der Waals surface area contributed by atoms with Crippen LogP contribution in [0.15, 0.2) is 0 Å². The average Bonchev–Trinajstić information content (AvgIpc) is 2.13. The first-order chi connectivity index (χ1) is 6.70. The normalized spacial score (nSPS) is 12.5. The number of hydrogen-bond donors (Lipinski definition) is 0. The summed E-state index contributed by atoms with van der Waals surface area (Å²) in [4.78, 5) is 10.8. The first kappa shape index (κ1) is 13.8. The van der Waals surface area contributed by atoms with Gasteiger partial charge < -0.3 is 4.74 Å². The molecule has 2 nitrogen and oxygen atoms in total. The molecule has 0 radical (unpaired) electrons. The van der Waals surface area contributed by atoms with Crippen LogP contribution in [0.5, 0.6) is 0 Å². The summed E-state index contributed by atoms with van der Waals surface area (Å²) in [6.07, 6.45) is 6.42. The van der Waals surface area contributed by atoms with Crippen molar-refractivity contribution in [1.29, 1.82) is 0 Å². The molecule has 1 atom stereocenters. The molecular formula is C11H21ClO2. The van der Waals surface area contributed by atoms with E-state index in [1.165, 1.54) is 19.8 Å². The summed E-state index contributed by atoms with van der Waals surface area (Å²) < 4.78 is 5.20. The summed E-state index contributed by atoms with van der Waals surface area (Å²) in [6, 6.07) is 0. The van der Waals surface area contributed by atoms with E-state index in [1.807, 2.05) is 0 Å². The molecule has 0 aromatic rings. The molecule has 0 aromatic carbocycles. The van der Waals surface area contributed by atoms with Gasteiger partial charge in [-0.25, -0.2) is 0 Å². The molecule has 14 heavy (non-hydrogen) atoms. The van der Waals surface area contributed by atoms with Gasteiger partial charge in [-0.15, -0.1) is 11.6 Å². The lowest BCUT2D eigenvalue weighted by molar-refractivity contribution is -0.147. The fourth-order valence-electron chi connectivity index (χ4n) is 1.42. The summed E-state index contributed by atoms with van der Waals surface area (Å²) in [6.45, 7) is 3.63. The third-order valence-corrected chi connectivity index (χ3v) is 2.39. The van der Waals surface area contributed by atoms with Crippen LogP contribution < -0.4 is 0 Å². The van der Waals surface area contributed by atoms with Gasteiger partial charge in [0.05, 0.1) is 0 Å². The van der Waals surface area contributed by atoms with Crippen molar-refractivity contribution in [3.63, 3.8) is 0 Å². The standard InChI is InChI=1S/C11H21ClO2/c1-3-4-5-7-11(8-6-9-12)14-10(2)13/h11H,3-9H2,1-2H3/t11-/m0/s1. The largest absolute Gasteiger partial charge is 0.463 e. The van der Waals surface area contributed by atoms with Crippen molar-refractivity contribution < 1.29 is 9.53 Å². The Bertz CT molecular complexity index is 148. The number of unbranched alkanes of at least 4 members (excludes halogenated alkanes) is 2. The molecule has 84 valence electrons. The van der Waals surface area contributed by atoms with E-state index in [0.29, 0.717) is 5.88 Å². The Morgan fingerprint density at radius 1 is 1.29 bits per heavy atom. The van der Waals surface area contributed by atoms with Crippen molar-refractivity contribution in [1.82, 2.24) is 0 Å². The molecule has 3 heteroatoms. The Labute approximate surface area is 92.0 Å². The maximum absolute atomic E-state index is 10.8. The molecule has 0 unspecified atom stereocenters. The number of carbonyl (C=O) groups excluding carboxylic acids is 1. The van der Waals surface area contributed by atoms with Gasteiger partial charge >= 0.3 is 5.97 Å². The van der Waals surface area contributed by atoms with Gasteiger partial charge in [0.25, 0.3) is 0 Å². The van der Waals surface area contributed by atoms with Crippen molar-refractivity contribution in [3.05, 3.63) is 0 Å². The Morgan fingerprint density at radius 3 is 2.43 bits per heavy atom. The maximum Gasteiger partial charge on any atom is 0.302 e. The molecule has 0 aliphatic heterocycles. The third kappa shape index (κ3) is 8.36. The Hall–Kier alpha value is -0.240. The van der Waals surface area contributed by atoms with E-state index in [0.717, 1.165) is 25.7 Å². The van der Waals surface area contributed by atoms with Gasteiger partial charge in [0.2, 0.25) is 0 Å². The van der Waals surface area contributed by atoms with Crippen molar-refractivity contribution in [2.24, 2.45) is 0 Å². The Morgan fingerprint density at radius 2 is 1.93 bits per heavy atom. The molecule has 0 fully saturated rings. The quantitative estimate of drug-likeness (QED) is 0.356. The smallest absolute Gasteiger partial charge is 0.302 e. The number of esters is 1. The zero-order valence-corrected chi connectivity index (χ0v) is 9.98. The van der Waals surface area contributed by atoms with E-state index in [9.17, 15) is 4.79 Å². The highest BCUT2D eigenvalue weighted by Crippen LogP contribution is 2.12. The maximum atomic E-state index is 10.8. The summed E-state index contributed by atoms with van der Waals surface area (Å²) >= 11 is 5.60. The minimum atomic E-state index is -0.180. The van der Waals surface area contributed by atoms with Crippen LogP contribution in [0.1, 0.15) is 52.4 Å². The van der Waals surface area contributed by atoms with E-state index in [4.69, 9.17) is 16.3 Å². The van der Waals surface area contributed by atoms with E-state index < -0.39 is 0 Å². The first-order valence-electron chi connectivity index (χ1n) is 5.43. The predicted molar refractivity (Wildman–Crippen MR) is 59.7 cm³/mol. The molecule has 0 aliphatic carbocycles. The second-order valence-electron chi connectivity index (χ2n) is 3.56. The van der Waals surface area contributed by atoms with Gasteiger partial charge in [-0.2, -0.15) is 0 Å². The molecule has 0 aromatic heterocycles. The topological polar surface area (TPSA) is 26.3 Å². The molecule has 0 bridgehead atoms. The van der Waals surface area contributed by atoms with E-state index in [-0.39, 0.29) is 12.1 Å². The molecule has 0 saturated heterocycles. The monoisotopic (exact) mass is 220 g/mol. The molecule has 0 spiro atoms. The molecule has 0 heterocycles. The van der Waals surface area contributed by atoms with Crippen LogP contribution in [-0.2, 0) is 9.53 Å². The second kappa shape index (κ2) is 9.32. The Balaban J connectivity index is 3.66. The lowest BCUT2D eigenvalue weighted by Crippen LogP contribution is -2.16. The Kier molecular flexibility index (Phi) is 9.16. The highest BCUT2D eigenvalue weighted by atomic mass is 35.5. The van der Waals surface area contributed by atoms with Crippen LogP contribution in [0.3, 0.4) is 0 Å². The van der Waals surface area contributed by atoms with Crippen molar-refractivity contribution in [2.45, 2.75) is 58.5 Å². The highest BCUT2D eigenvalue weighted by Gasteiger charge is 2.10. The van der Waals surface area contributed by atoms with Crippen molar-refractivity contribution in [2.75, 3.05) is 5.88 Å². The van der Waals surface area contributed by atoms with Crippen LogP contribution >= 0.6 is 11.6 Å². The van der Waals surface area contributed by atoms with E-state index in [1.54, 1.807) is 0 Å². The summed E-state index contributed by atoms with van der Waals surface area (Å²) in [7, 11) is 0. The molecular weight excluding hydrogens is 200 g/mol. The number of halogens is 1. The number of carbonyl (C=O) groups is 1. The average molecular weight is 221 g/mol. The van der Waals surface area contributed by atoms with Gasteiger partial charge in [-0.3, -0.25) is 4.79 Å². The SMILES string of the molecule is CCCCC[C@@H](CCCCl)OC(C)=O. The minimum absolute atomic E-state index is 0.0813. The zero-order valence-electron chi connectivity index (χ0n) is 9.22. The summed E-state index contributed by atoms with van der Waals surface area (Å²) in [5.41, 5.74) is 0. The van der Waals surface area contributed by atoms with Gasteiger partial charge in [-0.05, 0) is 25.7 Å². The third-order valence-electron chi connectivity index (χ3n) is 2.12. The van der Waals surface area contributed by atoms with E-state index in [2.05, 4.69) is 6.92 Å². The molecule has 0 saturated carbocycles. The fourth-order valence-corrected chi connectivity index (χ4v) is 1.58. The van der Waals surface area contributed by atoms with Gasteiger partial charge in [-0.1, -0.05) is 19.8 Å². The summed E-state index contributed by atoms with van der Waals surface area (Å²) in [5.74, 6) is 0.465. The van der Waals surface area contributed by atoms with Crippen LogP contribution in [0.2, 0.25) is 0 Å². The van der Waals surface area contributed by atoms with Gasteiger partial charge in [0.1, 0.15) is 6.10 Å². The van der Waals surface area contributed by atoms with Crippen LogP contribution in [-0.4, -0.2) is 18.0 Å². The number of hydrogen-bond acceptors (Lipinski definition) is 2. The fraction of sp³-hybridized carbons (Fsp3) is 0.909. The highest BCUT2D eigenvalue weighted by molar-refractivity contribution is 6.17. The zero-order chi connectivity index (χ0) is 10.8. The molecule has 0 aliphatic rings. The lowest BCUT2D eigenvalue weighted by atomic mass is 10.1.